The van der Waals surface area contributed by atoms with Gasteiger partial charge in [-0.05, 0) is 37.1 Å². The molecular weight excluding hydrogens is 381 g/mol. The number of sulfonamides is 1. The Morgan fingerprint density at radius 1 is 1.19 bits per heavy atom. The van der Waals surface area contributed by atoms with Gasteiger partial charge in [-0.3, -0.25) is 0 Å². The van der Waals surface area contributed by atoms with E-state index in [1.54, 1.807) is 24.3 Å². The number of ether oxygens (including phenoxy) is 1. The van der Waals surface area contributed by atoms with E-state index in [9.17, 15) is 17.6 Å². The van der Waals surface area contributed by atoms with Crippen LogP contribution < -0.4 is 0 Å². The number of carbonyl (C=O) groups is 1. The molecule has 0 aliphatic carbocycles. The number of rotatable bonds is 2. The topological polar surface area (TPSA) is 63.7 Å². The summed E-state index contributed by atoms with van der Waals surface area (Å²) in [5.74, 6) is -1.12. The molecule has 5 nitrogen and oxygen atoms in total. The second-order valence-corrected chi connectivity index (χ2v) is 8.79. The van der Waals surface area contributed by atoms with E-state index < -0.39 is 27.4 Å². The summed E-state index contributed by atoms with van der Waals surface area (Å²) in [5.41, 5.74) is 0.196. The second-order valence-electron chi connectivity index (χ2n) is 6.45. The van der Waals surface area contributed by atoms with Crippen LogP contribution in [0.2, 0.25) is 5.02 Å². The highest BCUT2D eigenvalue weighted by atomic mass is 35.5. The van der Waals surface area contributed by atoms with Crippen LogP contribution in [0.25, 0.3) is 0 Å². The number of fused-ring (bicyclic) bond motifs is 2. The number of halogens is 2. The molecule has 1 saturated heterocycles. The molecule has 0 saturated carbocycles. The Kier molecular flexibility index (Phi) is 4.06. The first-order valence-electron chi connectivity index (χ1n) is 8.12. The molecule has 2 aliphatic heterocycles. The molecule has 8 heteroatoms. The van der Waals surface area contributed by atoms with Gasteiger partial charge in [-0.15, -0.1) is 0 Å². The fourth-order valence-corrected chi connectivity index (χ4v) is 5.42. The molecule has 0 radical (unpaired) electrons. The average Bonchev–Trinajstić information content (AvgIpc) is 2.89. The van der Waals surface area contributed by atoms with E-state index in [1.807, 2.05) is 0 Å². The third-order valence-corrected chi connectivity index (χ3v) is 7.01. The quantitative estimate of drug-likeness (QED) is 0.732. The molecule has 2 heterocycles. The summed E-state index contributed by atoms with van der Waals surface area (Å²) in [6.45, 7) is 0.311. The molecule has 2 aromatic carbocycles. The summed E-state index contributed by atoms with van der Waals surface area (Å²) in [7, 11) is -3.89. The smallest absolute Gasteiger partial charge is 0.339 e. The van der Waals surface area contributed by atoms with Crippen molar-refractivity contribution in [2.75, 3.05) is 13.1 Å². The Bertz CT molecular complexity index is 1010. The Morgan fingerprint density at radius 2 is 1.96 bits per heavy atom. The number of esters is 1. The first-order chi connectivity index (χ1) is 12.3. The highest BCUT2D eigenvalue weighted by Crippen LogP contribution is 2.43. The molecule has 2 aromatic rings. The maximum atomic E-state index is 13.4. The molecule has 1 fully saturated rings. The van der Waals surface area contributed by atoms with Crippen LogP contribution in [0.15, 0.2) is 47.4 Å². The van der Waals surface area contributed by atoms with Crippen LogP contribution in [0.4, 0.5) is 4.39 Å². The highest BCUT2D eigenvalue weighted by molar-refractivity contribution is 7.89. The molecule has 0 unspecified atom stereocenters. The molecule has 0 bridgehead atoms. The lowest BCUT2D eigenvalue weighted by Crippen LogP contribution is -2.48. The van der Waals surface area contributed by atoms with Gasteiger partial charge in [0.15, 0.2) is 5.60 Å². The largest absolute Gasteiger partial charge is 0.449 e. The van der Waals surface area contributed by atoms with Gasteiger partial charge in [-0.2, -0.15) is 4.31 Å². The fraction of sp³-hybridized carbons (Fsp3) is 0.278. The molecule has 26 heavy (non-hydrogen) atoms. The van der Waals surface area contributed by atoms with Crippen molar-refractivity contribution < 1.29 is 22.3 Å². The van der Waals surface area contributed by atoms with Crippen molar-refractivity contribution in [3.8, 4) is 0 Å². The summed E-state index contributed by atoms with van der Waals surface area (Å²) in [6, 6.07) is 10.3. The van der Waals surface area contributed by atoms with Gasteiger partial charge >= 0.3 is 5.97 Å². The lowest BCUT2D eigenvalue weighted by Gasteiger charge is -2.38. The normalized spacial score (nSPS) is 23.1. The van der Waals surface area contributed by atoms with Crippen LogP contribution in [0.5, 0.6) is 0 Å². The zero-order valence-electron chi connectivity index (χ0n) is 13.6. The van der Waals surface area contributed by atoms with E-state index in [1.165, 1.54) is 10.4 Å². The van der Waals surface area contributed by atoms with Gasteiger partial charge in [0.05, 0.1) is 22.0 Å². The van der Waals surface area contributed by atoms with Crippen LogP contribution in [-0.2, 0) is 20.4 Å². The molecule has 1 atom stereocenters. The predicted molar refractivity (Wildman–Crippen MR) is 92.9 cm³/mol. The third kappa shape index (κ3) is 2.62. The van der Waals surface area contributed by atoms with Crippen molar-refractivity contribution in [3.05, 3.63) is 64.4 Å². The second kappa shape index (κ2) is 6.04. The van der Waals surface area contributed by atoms with E-state index >= 15 is 0 Å². The molecule has 0 aromatic heterocycles. The van der Waals surface area contributed by atoms with Gasteiger partial charge in [-0.1, -0.05) is 29.8 Å². The van der Waals surface area contributed by atoms with Crippen molar-refractivity contribution in [1.29, 1.82) is 0 Å². The molecule has 4 rings (SSSR count). The molecular formula is C18H15ClFNO4S. The van der Waals surface area contributed by atoms with E-state index in [4.69, 9.17) is 16.3 Å². The standard InChI is InChI=1S/C18H15ClFNO4S/c19-15-10-12(6-7-16(15)20)26(23,24)21-9-3-8-18(11-21)14-5-2-1-4-13(14)17(22)25-18/h1-2,4-7,10H,3,8-9,11H2/t18-/m0/s1. The minimum atomic E-state index is -3.89. The van der Waals surface area contributed by atoms with E-state index in [-0.39, 0.29) is 16.5 Å². The lowest BCUT2D eigenvalue weighted by molar-refractivity contribution is -0.0345. The number of nitrogens with zero attached hydrogens (tertiary/aromatic N) is 1. The SMILES string of the molecule is O=C1O[C@]2(CCCN(S(=O)(=O)c3ccc(F)c(Cl)c3)C2)c2ccccc21. The van der Waals surface area contributed by atoms with Crippen LogP contribution in [0, 0.1) is 5.82 Å². The molecule has 0 amide bonds. The third-order valence-electron chi connectivity index (χ3n) is 4.87. The Morgan fingerprint density at radius 3 is 2.73 bits per heavy atom. The molecule has 2 aliphatic rings. The zero-order chi connectivity index (χ0) is 18.5. The minimum absolute atomic E-state index is 0.0209. The lowest BCUT2D eigenvalue weighted by atomic mass is 9.86. The van der Waals surface area contributed by atoms with Crippen LogP contribution >= 0.6 is 11.6 Å². The summed E-state index contributed by atoms with van der Waals surface area (Å²) < 4.78 is 46.3. The maximum Gasteiger partial charge on any atom is 0.339 e. The van der Waals surface area contributed by atoms with Crippen molar-refractivity contribution >= 4 is 27.6 Å². The Labute approximate surface area is 155 Å². The summed E-state index contributed by atoms with van der Waals surface area (Å²) in [6.07, 6.45) is 1.09. The summed E-state index contributed by atoms with van der Waals surface area (Å²) >= 11 is 5.74. The summed E-state index contributed by atoms with van der Waals surface area (Å²) in [4.78, 5) is 12.1. The van der Waals surface area contributed by atoms with Gasteiger partial charge < -0.3 is 4.74 Å². The average molecular weight is 396 g/mol. The first-order valence-corrected chi connectivity index (χ1v) is 9.93. The van der Waals surface area contributed by atoms with E-state index in [0.29, 0.717) is 30.5 Å². The van der Waals surface area contributed by atoms with E-state index in [2.05, 4.69) is 0 Å². The number of hydrogen-bond donors (Lipinski definition) is 0. The van der Waals surface area contributed by atoms with Gasteiger partial charge in [-0.25, -0.2) is 17.6 Å². The summed E-state index contributed by atoms with van der Waals surface area (Å²) in [5, 5.41) is -0.254. The fourth-order valence-electron chi connectivity index (χ4n) is 3.62. The number of hydrogen-bond acceptors (Lipinski definition) is 4. The van der Waals surface area contributed by atoms with Gasteiger partial charge in [0.1, 0.15) is 5.82 Å². The molecule has 1 spiro atoms. The highest BCUT2D eigenvalue weighted by Gasteiger charge is 2.50. The van der Waals surface area contributed by atoms with E-state index in [0.717, 1.165) is 12.1 Å². The van der Waals surface area contributed by atoms with Crippen molar-refractivity contribution in [1.82, 2.24) is 4.31 Å². The van der Waals surface area contributed by atoms with Crippen LogP contribution in [0.3, 0.4) is 0 Å². The monoisotopic (exact) mass is 395 g/mol. The van der Waals surface area contributed by atoms with Crippen molar-refractivity contribution in [2.24, 2.45) is 0 Å². The van der Waals surface area contributed by atoms with Crippen molar-refractivity contribution in [2.45, 2.75) is 23.3 Å². The number of benzene rings is 2. The minimum Gasteiger partial charge on any atom is -0.449 e. The zero-order valence-corrected chi connectivity index (χ0v) is 15.2. The maximum absolute atomic E-state index is 13.4. The number of carbonyl (C=O) groups excluding carboxylic acids is 1. The van der Waals surface area contributed by atoms with Crippen molar-refractivity contribution in [3.63, 3.8) is 0 Å². The Balaban J connectivity index is 1.72. The van der Waals surface area contributed by atoms with Crippen LogP contribution in [0.1, 0.15) is 28.8 Å². The predicted octanol–water partition coefficient (Wildman–Crippen LogP) is 3.33. The number of piperidine rings is 1. The van der Waals surface area contributed by atoms with Gasteiger partial charge in [0.2, 0.25) is 10.0 Å². The van der Waals surface area contributed by atoms with Gasteiger partial charge in [0.25, 0.3) is 0 Å². The molecule has 136 valence electrons. The molecule has 0 N–H and O–H groups in total. The van der Waals surface area contributed by atoms with Gasteiger partial charge in [0, 0.05) is 12.1 Å². The first kappa shape index (κ1) is 17.5. The van der Waals surface area contributed by atoms with Crippen LogP contribution in [-0.4, -0.2) is 31.8 Å². The Hall–Kier alpha value is -1.96.